The van der Waals surface area contributed by atoms with Crippen LogP contribution in [0.4, 0.5) is 0 Å². The Balaban J connectivity index is 1.07. The molecule has 0 heterocycles. The molecule has 0 aromatic heterocycles. The minimum Gasteiger partial charge on any atom is -0.377 e. The van der Waals surface area contributed by atoms with Gasteiger partial charge in [-0.2, -0.15) is 0 Å². The maximum Gasteiger partial charge on any atom is 0.0841 e. The Morgan fingerprint density at radius 2 is 0.829 bits per heavy atom. The summed E-state index contributed by atoms with van der Waals surface area (Å²) in [5, 5.41) is 0. The summed E-state index contributed by atoms with van der Waals surface area (Å²) in [7, 11) is 0. The summed E-state index contributed by atoms with van der Waals surface area (Å²) in [5.41, 5.74) is 2.43. The smallest absolute Gasteiger partial charge is 0.0841 e. The molecule has 192 valence electrons. The molecule has 0 saturated heterocycles. The van der Waals surface area contributed by atoms with E-state index in [4.69, 9.17) is 23.7 Å². The lowest BCUT2D eigenvalue weighted by Crippen LogP contribution is -2.36. The van der Waals surface area contributed by atoms with Crippen molar-refractivity contribution in [3.63, 3.8) is 0 Å². The number of ether oxygens (including phenoxy) is 5. The number of rotatable bonds is 14. The highest BCUT2D eigenvalue weighted by atomic mass is 16.6. The van der Waals surface area contributed by atoms with Crippen LogP contribution in [0.1, 0.15) is 62.5 Å². The van der Waals surface area contributed by atoms with Gasteiger partial charge in [0.15, 0.2) is 0 Å². The topological polar surface area (TPSA) is 46.2 Å². The molecule has 0 spiro atoms. The van der Waals surface area contributed by atoms with E-state index in [0.29, 0.717) is 39.6 Å². The SMILES string of the molecule is c1ccc(CO[C@H]2CCCC[C@@H]2OCCOCCO[C@H]2CCCC[C@@H]2OCc2ccccc2)cc1. The zero-order chi connectivity index (χ0) is 24.0. The van der Waals surface area contributed by atoms with E-state index in [1.165, 1.54) is 36.8 Å². The van der Waals surface area contributed by atoms with Crippen LogP contribution in [0.25, 0.3) is 0 Å². The molecule has 5 heteroatoms. The fraction of sp³-hybridized carbons (Fsp3) is 0.600. The highest BCUT2D eigenvalue weighted by Gasteiger charge is 2.27. The van der Waals surface area contributed by atoms with E-state index < -0.39 is 0 Å². The van der Waals surface area contributed by atoms with E-state index in [2.05, 4.69) is 48.5 Å². The van der Waals surface area contributed by atoms with Gasteiger partial charge in [0.1, 0.15) is 0 Å². The van der Waals surface area contributed by atoms with Crippen LogP contribution in [0, 0.1) is 0 Å². The van der Waals surface area contributed by atoms with Gasteiger partial charge in [-0.15, -0.1) is 0 Å². The lowest BCUT2D eigenvalue weighted by atomic mass is 9.94. The fourth-order valence-corrected chi connectivity index (χ4v) is 5.06. The number of hydrogen-bond donors (Lipinski definition) is 0. The maximum absolute atomic E-state index is 6.20. The third kappa shape index (κ3) is 9.32. The van der Waals surface area contributed by atoms with Gasteiger partial charge in [-0.3, -0.25) is 0 Å². The second kappa shape index (κ2) is 15.4. The van der Waals surface area contributed by atoms with Gasteiger partial charge in [0.05, 0.1) is 64.1 Å². The molecular formula is C30H42O5. The first kappa shape index (κ1) is 26.3. The molecule has 2 aromatic rings. The van der Waals surface area contributed by atoms with E-state index in [-0.39, 0.29) is 24.4 Å². The average Bonchev–Trinajstić information content (AvgIpc) is 2.92. The van der Waals surface area contributed by atoms with Gasteiger partial charge in [-0.05, 0) is 36.8 Å². The van der Waals surface area contributed by atoms with Crippen LogP contribution in [0.15, 0.2) is 60.7 Å². The molecule has 5 nitrogen and oxygen atoms in total. The Bertz CT molecular complexity index is 731. The van der Waals surface area contributed by atoms with Gasteiger partial charge in [0, 0.05) is 0 Å². The van der Waals surface area contributed by atoms with Crippen LogP contribution in [0.2, 0.25) is 0 Å². The van der Waals surface area contributed by atoms with E-state index >= 15 is 0 Å². The van der Waals surface area contributed by atoms with Crippen molar-refractivity contribution < 1.29 is 23.7 Å². The predicted octanol–water partition coefficient (Wildman–Crippen LogP) is 6.09. The van der Waals surface area contributed by atoms with Gasteiger partial charge >= 0.3 is 0 Å². The van der Waals surface area contributed by atoms with Crippen molar-refractivity contribution in [2.45, 2.75) is 89.0 Å². The fourth-order valence-electron chi connectivity index (χ4n) is 5.06. The van der Waals surface area contributed by atoms with Crippen molar-refractivity contribution >= 4 is 0 Å². The molecule has 0 aliphatic heterocycles. The van der Waals surface area contributed by atoms with Crippen LogP contribution in [0.5, 0.6) is 0 Å². The van der Waals surface area contributed by atoms with Gasteiger partial charge in [-0.25, -0.2) is 0 Å². The highest BCUT2D eigenvalue weighted by molar-refractivity contribution is 5.14. The van der Waals surface area contributed by atoms with Crippen LogP contribution in [-0.2, 0) is 36.9 Å². The quantitative estimate of drug-likeness (QED) is 0.305. The average molecular weight is 483 g/mol. The van der Waals surface area contributed by atoms with Crippen molar-refractivity contribution in [1.82, 2.24) is 0 Å². The molecule has 35 heavy (non-hydrogen) atoms. The molecule has 2 aliphatic carbocycles. The van der Waals surface area contributed by atoms with Gasteiger partial charge in [0.2, 0.25) is 0 Å². The van der Waals surface area contributed by atoms with Crippen LogP contribution < -0.4 is 0 Å². The summed E-state index contributed by atoms with van der Waals surface area (Å²) >= 11 is 0. The molecule has 0 radical (unpaired) electrons. The zero-order valence-corrected chi connectivity index (χ0v) is 21.0. The van der Waals surface area contributed by atoms with Gasteiger partial charge < -0.3 is 23.7 Å². The molecule has 0 N–H and O–H groups in total. The summed E-state index contributed by atoms with van der Waals surface area (Å²) in [6.45, 7) is 3.67. The third-order valence-corrected chi connectivity index (χ3v) is 7.02. The monoisotopic (exact) mass is 482 g/mol. The highest BCUT2D eigenvalue weighted by Crippen LogP contribution is 2.26. The Morgan fingerprint density at radius 1 is 0.457 bits per heavy atom. The first-order valence-electron chi connectivity index (χ1n) is 13.5. The van der Waals surface area contributed by atoms with Crippen LogP contribution in [0.3, 0.4) is 0 Å². The summed E-state index contributed by atoms with van der Waals surface area (Å²) in [4.78, 5) is 0. The largest absolute Gasteiger partial charge is 0.377 e. The molecule has 2 saturated carbocycles. The Kier molecular flexibility index (Phi) is 11.6. The molecule has 2 fully saturated rings. The summed E-state index contributed by atoms with van der Waals surface area (Å²) in [5.74, 6) is 0. The molecule has 0 bridgehead atoms. The molecule has 0 amide bonds. The first-order chi connectivity index (χ1) is 17.4. The molecule has 2 aromatic carbocycles. The van der Waals surface area contributed by atoms with Gasteiger partial charge in [0.25, 0.3) is 0 Å². The molecule has 0 unspecified atom stereocenters. The van der Waals surface area contributed by atoms with Crippen molar-refractivity contribution in [3.8, 4) is 0 Å². The second-order valence-electron chi connectivity index (χ2n) is 9.67. The molecular weight excluding hydrogens is 440 g/mol. The van der Waals surface area contributed by atoms with E-state index in [0.717, 1.165) is 25.7 Å². The lowest BCUT2D eigenvalue weighted by molar-refractivity contribution is -0.118. The third-order valence-electron chi connectivity index (χ3n) is 7.02. The minimum atomic E-state index is 0.164. The molecule has 4 rings (SSSR count). The van der Waals surface area contributed by atoms with Crippen molar-refractivity contribution in [1.29, 1.82) is 0 Å². The van der Waals surface area contributed by atoms with Crippen molar-refractivity contribution in [2.75, 3.05) is 26.4 Å². The summed E-state index contributed by atoms with van der Waals surface area (Å²) in [6, 6.07) is 20.7. The Hall–Kier alpha value is -1.76. The Morgan fingerprint density at radius 3 is 1.23 bits per heavy atom. The lowest BCUT2D eigenvalue weighted by Gasteiger charge is -2.32. The first-order valence-corrected chi connectivity index (χ1v) is 13.5. The minimum absolute atomic E-state index is 0.164. The standard InChI is InChI=1S/C30H42O5/c1-3-11-25(12-4-1)23-34-29-17-9-7-15-27(29)32-21-19-31-20-22-33-28-16-8-10-18-30(28)35-24-26-13-5-2-6-14-26/h1-6,11-14,27-30H,7-10,15-24H2/t27-,28-,29-,30-/m0/s1. The Labute approximate surface area is 211 Å². The van der Waals surface area contributed by atoms with Crippen molar-refractivity contribution in [2.24, 2.45) is 0 Å². The summed E-state index contributed by atoms with van der Waals surface area (Å²) < 4.78 is 30.5. The van der Waals surface area contributed by atoms with Gasteiger partial charge in [-0.1, -0.05) is 86.3 Å². The molecule has 4 atom stereocenters. The van der Waals surface area contributed by atoms with Crippen LogP contribution in [-0.4, -0.2) is 50.8 Å². The van der Waals surface area contributed by atoms with E-state index in [1.54, 1.807) is 0 Å². The zero-order valence-electron chi connectivity index (χ0n) is 21.0. The van der Waals surface area contributed by atoms with E-state index in [1.807, 2.05) is 12.1 Å². The number of benzene rings is 2. The number of hydrogen-bond acceptors (Lipinski definition) is 5. The maximum atomic E-state index is 6.20. The van der Waals surface area contributed by atoms with Crippen LogP contribution >= 0.6 is 0 Å². The van der Waals surface area contributed by atoms with E-state index in [9.17, 15) is 0 Å². The second-order valence-corrected chi connectivity index (χ2v) is 9.67. The normalized spacial score (nSPS) is 24.9. The molecule has 2 aliphatic rings. The predicted molar refractivity (Wildman–Crippen MR) is 137 cm³/mol. The summed E-state index contributed by atoms with van der Waals surface area (Å²) in [6.07, 6.45) is 9.78. The van der Waals surface area contributed by atoms with Crippen molar-refractivity contribution in [3.05, 3.63) is 71.8 Å².